The van der Waals surface area contributed by atoms with Crippen molar-refractivity contribution in [1.82, 2.24) is 24.8 Å². The maximum atomic E-state index is 11.6. The van der Waals surface area contributed by atoms with Crippen LogP contribution in [0.3, 0.4) is 0 Å². The van der Waals surface area contributed by atoms with E-state index in [4.69, 9.17) is 4.74 Å². The molecule has 0 saturated carbocycles. The number of nitrogens with one attached hydrogen (secondary N) is 2. The molecule has 0 bridgehead atoms. The summed E-state index contributed by atoms with van der Waals surface area (Å²) in [5, 5.41) is 5.89. The summed E-state index contributed by atoms with van der Waals surface area (Å²) in [5.74, 6) is 0.672. The average Bonchev–Trinajstić information content (AvgIpc) is 2.94. The van der Waals surface area contributed by atoms with Gasteiger partial charge in [0.25, 0.3) is 0 Å². The first kappa shape index (κ1) is 19.0. The van der Waals surface area contributed by atoms with Gasteiger partial charge in [-0.2, -0.15) is 0 Å². The van der Waals surface area contributed by atoms with Crippen molar-refractivity contribution in [3.05, 3.63) is 12.7 Å². The lowest BCUT2D eigenvalue weighted by molar-refractivity contribution is 0.0530. The lowest BCUT2D eigenvalue weighted by Crippen LogP contribution is -2.35. The molecule has 0 aliphatic carbocycles. The molecule has 2 aromatic heterocycles. The zero-order chi connectivity index (χ0) is 18.3. The molecule has 0 aliphatic rings. The third-order valence-electron chi connectivity index (χ3n) is 3.49. The van der Waals surface area contributed by atoms with Gasteiger partial charge >= 0.3 is 6.09 Å². The predicted molar refractivity (Wildman–Crippen MR) is 97.6 cm³/mol. The molecule has 2 aromatic rings. The highest BCUT2D eigenvalue weighted by Gasteiger charge is 2.15. The van der Waals surface area contributed by atoms with Crippen molar-refractivity contribution in [1.29, 1.82) is 0 Å². The number of alkyl carbamates (subject to hydrolysis) is 1. The van der Waals surface area contributed by atoms with Crippen molar-refractivity contribution in [3.8, 4) is 0 Å². The van der Waals surface area contributed by atoms with Gasteiger partial charge in [0.15, 0.2) is 11.5 Å². The van der Waals surface area contributed by atoms with Crippen LogP contribution in [0.25, 0.3) is 11.2 Å². The first-order valence-corrected chi connectivity index (χ1v) is 8.77. The summed E-state index contributed by atoms with van der Waals surface area (Å²) in [7, 11) is 0. The SMILES string of the molecule is CCCCCn1cnc2c(NCCNC(=O)OC(C)(C)C)ncnc21. The Bertz CT molecular complexity index is 692. The first-order chi connectivity index (χ1) is 11.9. The molecule has 0 radical (unpaired) electrons. The Morgan fingerprint density at radius 1 is 1.20 bits per heavy atom. The van der Waals surface area contributed by atoms with Crippen molar-refractivity contribution in [3.63, 3.8) is 0 Å². The standard InChI is InChI=1S/C17H28N6O2/c1-5-6-7-10-23-12-22-13-14(20-11-21-15(13)23)18-8-9-19-16(24)25-17(2,3)4/h11-12H,5-10H2,1-4H3,(H,19,24)(H,18,20,21). The molecule has 0 atom stereocenters. The summed E-state index contributed by atoms with van der Waals surface area (Å²) in [4.78, 5) is 24.6. The third kappa shape index (κ3) is 5.88. The fourth-order valence-corrected chi connectivity index (χ4v) is 2.37. The highest BCUT2D eigenvalue weighted by molar-refractivity contribution is 5.82. The van der Waals surface area contributed by atoms with E-state index in [0.29, 0.717) is 18.9 Å². The van der Waals surface area contributed by atoms with Crippen LogP contribution < -0.4 is 10.6 Å². The highest BCUT2D eigenvalue weighted by Crippen LogP contribution is 2.17. The third-order valence-corrected chi connectivity index (χ3v) is 3.49. The van der Waals surface area contributed by atoms with E-state index in [9.17, 15) is 4.79 Å². The Balaban J connectivity index is 1.88. The number of carbonyl (C=O) groups is 1. The summed E-state index contributed by atoms with van der Waals surface area (Å²) in [6, 6.07) is 0. The largest absolute Gasteiger partial charge is 0.444 e. The Kier molecular flexibility index (Phi) is 6.55. The summed E-state index contributed by atoms with van der Waals surface area (Å²) >= 11 is 0. The number of aryl methyl sites for hydroxylation is 1. The van der Waals surface area contributed by atoms with E-state index in [-0.39, 0.29) is 0 Å². The maximum Gasteiger partial charge on any atom is 0.407 e. The second-order valence-corrected chi connectivity index (χ2v) is 6.90. The monoisotopic (exact) mass is 348 g/mol. The van der Waals surface area contributed by atoms with E-state index in [0.717, 1.165) is 24.1 Å². The molecule has 0 fully saturated rings. The number of carbonyl (C=O) groups excluding carboxylic acids is 1. The van der Waals surface area contributed by atoms with Crippen molar-refractivity contribution in [2.45, 2.75) is 59.1 Å². The van der Waals surface area contributed by atoms with Gasteiger partial charge in [0.2, 0.25) is 0 Å². The van der Waals surface area contributed by atoms with Crippen molar-refractivity contribution in [2.24, 2.45) is 0 Å². The molecule has 8 nitrogen and oxygen atoms in total. The van der Waals surface area contributed by atoms with Crippen LogP contribution in [0.1, 0.15) is 47.0 Å². The Morgan fingerprint density at radius 2 is 2.00 bits per heavy atom. The van der Waals surface area contributed by atoms with E-state index in [1.54, 1.807) is 6.33 Å². The molecule has 0 aromatic carbocycles. The summed E-state index contributed by atoms with van der Waals surface area (Å²) in [6.45, 7) is 9.53. The van der Waals surface area contributed by atoms with Crippen LogP contribution in [-0.2, 0) is 11.3 Å². The van der Waals surface area contributed by atoms with E-state index in [2.05, 4.69) is 37.1 Å². The normalized spacial score (nSPS) is 11.5. The Labute approximate surface area is 148 Å². The van der Waals surface area contributed by atoms with Crippen LogP contribution >= 0.6 is 0 Å². The second kappa shape index (κ2) is 8.64. The number of fused-ring (bicyclic) bond motifs is 1. The van der Waals surface area contributed by atoms with Gasteiger partial charge in [-0.05, 0) is 27.2 Å². The minimum absolute atomic E-state index is 0.428. The number of imidazole rings is 1. The number of ether oxygens (including phenoxy) is 1. The van der Waals surface area contributed by atoms with Gasteiger partial charge < -0.3 is 19.9 Å². The van der Waals surface area contributed by atoms with Crippen LogP contribution in [0, 0.1) is 0 Å². The number of amides is 1. The van der Waals surface area contributed by atoms with Gasteiger partial charge in [-0.3, -0.25) is 0 Å². The number of anilines is 1. The van der Waals surface area contributed by atoms with Crippen LogP contribution in [-0.4, -0.2) is 44.3 Å². The van der Waals surface area contributed by atoms with E-state index in [1.165, 1.54) is 19.2 Å². The van der Waals surface area contributed by atoms with Gasteiger partial charge in [0, 0.05) is 19.6 Å². The average molecular weight is 348 g/mol. The number of rotatable bonds is 8. The maximum absolute atomic E-state index is 11.6. The van der Waals surface area contributed by atoms with Crippen LogP contribution in [0.15, 0.2) is 12.7 Å². The van der Waals surface area contributed by atoms with Gasteiger partial charge in [-0.1, -0.05) is 19.8 Å². The molecular weight excluding hydrogens is 320 g/mol. The number of nitrogens with zero attached hydrogens (tertiary/aromatic N) is 4. The lowest BCUT2D eigenvalue weighted by Gasteiger charge is -2.19. The molecule has 25 heavy (non-hydrogen) atoms. The molecule has 2 heterocycles. The first-order valence-electron chi connectivity index (χ1n) is 8.77. The minimum atomic E-state index is -0.499. The van der Waals surface area contributed by atoms with E-state index < -0.39 is 11.7 Å². The molecule has 2 N–H and O–H groups in total. The minimum Gasteiger partial charge on any atom is -0.444 e. The Morgan fingerprint density at radius 3 is 2.72 bits per heavy atom. The van der Waals surface area contributed by atoms with Crippen LogP contribution in [0.5, 0.6) is 0 Å². The van der Waals surface area contributed by atoms with Gasteiger partial charge in [0.05, 0.1) is 6.33 Å². The number of unbranched alkanes of at least 4 members (excludes halogenated alkanes) is 2. The lowest BCUT2D eigenvalue weighted by atomic mass is 10.2. The summed E-state index contributed by atoms with van der Waals surface area (Å²) < 4.78 is 7.24. The zero-order valence-corrected chi connectivity index (χ0v) is 15.5. The highest BCUT2D eigenvalue weighted by atomic mass is 16.6. The molecule has 2 rings (SSSR count). The van der Waals surface area contributed by atoms with Crippen LogP contribution in [0.2, 0.25) is 0 Å². The zero-order valence-electron chi connectivity index (χ0n) is 15.5. The van der Waals surface area contributed by atoms with Gasteiger partial charge in [-0.15, -0.1) is 0 Å². The molecular formula is C17H28N6O2. The fourth-order valence-electron chi connectivity index (χ4n) is 2.37. The summed E-state index contributed by atoms with van der Waals surface area (Å²) in [5.41, 5.74) is 1.07. The quantitative estimate of drug-likeness (QED) is 0.712. The molecule has 0 spiro atoms. The molecule has 138 valence electrons. The molecule has 0 unspecified atom stereocenters. The molecule has 0 saturated heterocycles. The summed E-state index contributed by atoms with van der Waals surface area (Å²) in [6.07, 6.45) is 6.38. The van der Waals surface area contributed by atoms with Crippen LogP contribution in [0.4, 0.5) is 10.6 Å². The fraction of sp³-hybridized carbons (Fsp3) is 0.647. The van der Waals surface area contributed by atoms with Crippen molar-refractivity contribution >= 4 is 23.1 Å². The van der Waals surface area contributed by atoms with E-state index in [1.807, 2.05) is 20.8 Å². The van der Waals surface area contributed by atoms with E-state index >= 15 is 0 Å². The van der Waals surface area contributed by atoms with Crippen molar-refractivity contribution < 1.29 is 9.53 Å². The van der Waals surface area contributed by atoms with Crippen molar-refractivity contribution in [2.75, 3.05) is 18.4 Å². The molecule has 8 heteroatoms. The van der Waals surface area contributed by atoms with Gasteiger partial charge in [0.1, 0.15) is 17.4 Å². The Hall–Kier alpha value is -2.38. The number of hydrogen-bond acceptors (Lipinski definition) is 6. The van der Waals surface area contributed by atoms with Gasteiger partial charge in [-0.25, -0.2) is 19.7 Å². The number of hydrogen-bond donors (Lipinski definition) is 2. The topological polar surface area (TPSA) is 94.0 Å². The predicted octanol–water partition coefficient (Wildman–Crippen LogP) is 2.95. The number of aromatic nitrogens is 4. The second-order valence-electron chi connectivity index (χ2n) is 6.90. The molecule has 0 aliphatic heterocycles. The molecule has 1 amide bonds. The smallest absolute Gasteiger partial charge is 0.407 e.